The van der Waals surface area contributed by atoms with E-state index < -0.39 is 0 Å². The van der Waals surface area contributed by atoms with Crippen LogP contribution in [0.2, 0.25) is 0 Å². The van der Waals surface area contributed by atoms with E-state index in [4.69, 9.17) is 4.74 Å². The summed E-state index contributed by atoms with van der Waals surface area (Å²) >= 11 is 0. The molecule has 0 aliphatic heterocycles. The summed E-state index contributed by atoms with van der Waals surface area (Å²) in [6, 6.07) is 9.12. The number of aryl methyl sites for hydroxylation is 1. The van der Waals surface area contributed by atoms with Crippen LogP contribution in [-0.4, -0.2) is 25.3 Å². The summed E-state index contributed by atoms with van der Waals surface area (Å²) in [6.45, 7) is 7.51. The lowest BCUT2D eigenvalue weighted by molar-refractivity contribution is -0.0988. The highest BCUT2D eigenvalue weighted by atomic mass is 16.5. The quantitative estimate of drug-likeness (QED) is 0.851. The molecule has 3 atom stereocenters. The Morgan fingerprint density at radius 2 is 2.14 bits per heavy atom. The van der Waals surface area contributed by atoms with Crippen molar-refractivity contribution in [2.24, 2.45) is 5.92 Å². The minimum absolute atomic E-state index is 0.00342. The van der Waals surface area contributed by atoms with Crippen molar-refractivity contribution in [1.29, 1.82) is 0 Å². The second-order valence-corrected chi connectivity index (χ2v) is 6.67. The van der Waals surface area contributed by atoms with Crippen molar-refractivity contribution in [3.63, 3.8) is 0 Å². The van der Waals surface area contributed by atoms with Crippen LogP contribution < -0.4 is 5.32 Å². The first kappa shape index (κ1) is 16.5. The normalized spacial score (nSPS) is 27.5. The van der Waals surface area contributed by atoms with Crippen LogP contribution in [0.15, 0.2) is 24.3 Å². The van der Waals surface area contributed by atoms with Crippen molar-refractivity contribution >= 4 is 0 Å². The second kappa shape index (κ2) is 7.42. The zero-order valence-corrected chi connectivity index (χ0v) is 14.1. The number of hydrogen-bond acceptors (Lipinski definition) is 2. The first-order valence-corrected chi connectivity index (χ1v) is 8.47. The maximum Gasteiger partial charge on any atom is 0.0840 e. The topological polar surface area (TPSA) is 21.3 Å². The van der Waals surface area contributed by atoms with E-state index in [1.807, 2.05) is 0 Å². The van der Waals surface area contributed by atoms with Crippen LogP contribution in [0.5, 0.6) is 0 Å². The molecule has 21 heavy (non-hydrogen) atoms. The number of benzene rings is 1. The van der Waals surface area contributed by atoms with E-state index in [-0.39, 0.29) is 5.60 Å². The van der Waals surface area contributed by atoms with Crippen LogP contribution in [0.3, 0.4) is 0 Å². The van der Waals surface area contributed by atoms with E-state index in [1.165, 1.54) is 36.8 Å². The minimum Gasteiger partial charge on any atom is -0.374 e. The largest absolute Gasteiger partial charge is 0.374 e. The summed E-state index contributed by atoms with van der Waals surface area (Å²) in [6.07, 6.45) is 6.04. The van der Waals surface area contributed by atoms with Crippen molar-refractivity contribution in [1.82, 2.24) is 5.32 Å². The SMILES string of the molecule is CCOC1(C(Cc2ccccc2C)NC)CCCC(C)C1. The molecule has 118 valence electrons. The molecule has 0 aromatic heterocycles. The Morgan fingerprint density at radius 1 is 1.38 bits per heavy atom. The van der Waals surface area contributed by atoms with E-state index in [2.05, 4.69) is 57.4 Å². The molecule has 1 aliphatic rings. The molecule has 0 radical (unpaired) electrons. The summed E-state index contributed by atoms with van der Waals surface area (Å²) < 4.78 is 6.34. The molecule has 0 amide bonds. The van der Waals surface area contributed by atoms with Gasteiger partial charge in [-0.1, -0.05) is 44.0 Å². The van der Waals surface area contributed by atoms with Gasteiger partial charge in [-0.2, -0.15) is 0 Å². The average Bonchev–Trinajstić information content (AvgIpc) is 2.46. The molecule has 0 bridgehead atoms. The van der Waals surface area contributed by atoms with Gasteiger partial charge in [-0.15, -0.1) is 0 Å². The third kappa shape index (κ3) is 3.87. The molecular weight excluding hydrogens is 258 g/mol. The molecule has 2 rings (SSSR count). The fourth-order valence-corrected chi connectivity index (χ4v) is 3.99. The summed E-state index contributed by atoms with van der Waals surface area (Å²) in [5.41, 5.74) is 2.83. The van der Waals surface area contributed by atoms with Crippen LogP contribution in [0.4, 0.5) is 0 Å². The smallest absolute Gasteiger partial charge is 0.0840 e. The fourth-order valence-electron chi connectivity index (χ4n) is 3.99. The highest BCUT2D eigenvalue weighted by Gasteiger charge is 2.42. The lowest BCUT2D eigenvalue weighted by atomic mass is 9.73. The van der Waals surface area contributed by atoms with Gasteiger partial charge in [-0.25, -0.2) is 0 Å². The van der Waals surface area contributed by atoms with Gasteiger partial charge in [0, 0.05) is 12.6 Å². The van der Waals surface area contributed by atoms with Gasteiger partial charge in [0.1, 0.15) is 0 Å². The summed E-state index contributed by atoms with van der Waals surface area (Å²) in [7, 11) is 2.09. The van der Waals surface area contributed by atoms with E-state index in [0.29, 0.717) is 6.04 Å². The van der Waals surface area contributed by atoms with Crippen LogP contribution in [0.25, 0.3) is 0 Å². The first-order chi connectivity index (χ1) is 10.1. The Labute approximate surface area is 130 Å². The minimum atomic E-state index is 0.00342. The van der Waals surface area contributed by atoms with Crippen molar-refractivity contribution in [3.8, 4) is 0 Å². The molecule has 2 heteroatoms. The molecule has 0 spiro atoms. The molecule has 1 fully saturated rings. The molecule has 3 unspecified atom stereocenters. The average molecular weight is 289 g/mol. The highest BCUT2D eigenvalue weighted by molar-refractivity contribution is 5.27. The predicted molar refractivity (Wildman–Crippen MR) is 89.7 cm³/mol. The van der Waals surface area contributed by atoms with Crippen molar-refractivity contribution in [3.05, 3.63) is 35.4 Å². The Bertz CT molecular complexity index is 441. The fraction of sp³-hybridized carbons (Fsp3) is 0.684. The van der Waals surface area contributed by atoms with Gasteiger partial charge in [0.15, 0.2) is 0 Å². The maximum atomic E-state index is 6.34. The number of rotatable bonds is 6. The number of hydrogen-bond donors (Lipinski definition) is 1. The van der Waals surface area contributed by atoms with Gasteiger partial charge in [0.2, 0.25) is 0 Å². The standard InChI is InChI=1S/C19H31NO/c1-5-21-19(12-8-9-15(2)14-19)18(20-4)13-17-11-7-6-10-16(17)3/h6-7,10-11,15,18,20H,5,8-9,12-14H2,1-4H3. The van der Waals surface area contributed by atoms with Gasteiger partial charge in [0.25, 0.3) is 0 Å². The Hall–Kier alpha value is -0.860. The zero-order valence-electron chi connectivity index (χ0n) is 14.1. The lowest BCUT2D eigenvalue weighted by Crippen LogP contribution is -2.55. The van der Waals surface area contributed by atoms with E-state index in [9.17, 15) is 0 Å². The lowest BCUT2D eigenvalue weighted by Gasteiger charge is -2.45. The van der Waals surface area contributed by atoms with Crippen molar-refractivity contribution in [2.75, 3.05) is 13.7 Å². The van der Waals surface area contributed by atoms with Gasteiger partial charge in [-0.05, 0) is 57.2 Å². The molecule has 1 aromatic rings. The van der Waals surface area contributed by atoms with Gasteiger partial charge in [0.05, 0.1) is 5.60 Å². The third-order valence-electron chi connectivity index (χ3n) is 5.09. The summed E-state index contributed by atoms with van der Waals surface area (Å²) in [4.78, 5) is 0. The number of likely N-dealkylation sites (N-methyl/N-ethyl adjacent to an activating group) is 1. The number of nitrogens with one attached hydrogen (secondary N) is 1. The molecule has 2 nitrogen and oxygen atoms in total. The van der Waals surface area contributed by atoms with Crippen molar-refractivity contribution < 1.29 is 4.74 Å². The molecule has 1 N–H and O–H groups in total. The molecule has 1 aromatic carbocycles. The van der Waals surface area contributed by atoms with Gasteiger partial charge >= 0.3 is 0 Å². The Balaban J connectivity index is 2.21. The van der Waals surface area contributed by atoms with Crippen molar-refractivity contribution in [2.45, 2.75) is 64.5 Å². The monoisotopic (exact) mass is 289 g/mol. The van der Waals surface area contributed by atoms with Crippen LogP contribution in [0, 0.1) is 12.8 Å². The summed E-state index contributed by atoms with van der Waals surface area (Å²) in [5.74, 6) is 0.762. The molecule has 1 aliphatic carbocycles. The Morgan fingerprint density at radius 3 is 2.76 bits per heavy atom. The van der Waals surface area contributed by atoms with Gasteiger partial charge in [-0.3, -0.25) is 0 Å². The summed E-state index contributed by atoms with van der Waals surface area (Å²) in [5, 5.41) is 3.57. The van der Waals surface area contributed by atoms with E-state index in [1.54, 1.807) is 0 Å². The van der Waals surface area contributed by atoms with Gasteiger partial charge < -0.3 is 10.1 Å². The molecule has 0 saturated heterocycles. The first-order valence-electron chi connectivity index (χ1n) is 8.47. The maximum absolute atomic E-state index is 6.34. The number of ether oxygens (including phenoxy) is 1. The van der Waals surface area contributed by atoms with Crippen LogP contribution in [0.1, 0.15) is 50.7 Å². The Kier molecular flexibility index (Phi) is 5.83. The van der Waals surface area contributed by atoms with E-state index in [0.717, 1.165) is 18.9 Å². The van der Waals surface area contributed by atoms with Crippen LogP contribution >= 0.6 is 0 Å². The van der Waals surface area contributed by atoms with E-state index >= 15 is 0 Å². The highest BCUT2D eigenvalue weighted by Crippen LogP contribution is 2.38. The third-order valence-corrected chi connectivity index (χ3v) is 5.09. The predicted octanol–water partition coefficient (Wildman–Crippen LogP) is 4.11. The second-order valence-electron chi connectivity index (χ2n) is 6.67. The van der Waals surface area contributed by atoms with Crippen LogP contribution in [-0.2, 0) is 11.2 Å². The molecule has 1 saturated carbocycles. The molecule has 0 heterocycles. The molecular formula is C19H31NO. The zero-order chi connectivity index (χ0) is 15.3.